The second-order valence-corrected chi connectivity index (χ2v) is 12.3. The Balaban J connectivity index is 0.000000505. The van der Waals surface area contributed by atoms with Gasteiger partial charge in [0, 0.05) is 17.8 Å². The molecule has 13 heteroatoms. The van der Waals surface area contributed by atoms with Crippen molar-refractivity contribution in [3.8, 4) is 0 Å². The van der Waals surface area contributed by atoms with E-state index in [1.807, 2.05) is 0 Å². The standard InChI is InChI=1S/C23H35ClFN3O2S.C2HF3O2/c24-20-16-18(26-17-8-11-19(12-9-17)28-14-4-1-5-15-28)10-13-23(20)31(29,30)27-22-7-3-2-6-21(22)25;3-2(4,5)1(6)7/h10,13,16-17,19,21-22,26-27H,1-9,11-12,14-15H2;(H,6,7)/t17?,19?,21-,22-;/m1./s1. The van der Waals surface area contributed by atoms with Crippen LogP contribution in [0.15, 0.2) is 23.1 Å². The van der Waals surface area contributed by atoms with E-state index in [0.29, 0.717) is 24.9 Å². The van der Waals surface area contributed by atoms with E-state index < -0.39 is 34.4 Å². The van der Waals surface area contributed by atoms with Gasteiger partial charge in [0.05, 0.1) is 11.1 Å². The van der Waals surface area contributed by atoms with Gasteiger partial charge in [0.2, 0.25) is 10.0 Å². The number of hydrogen-bond acceptors (Lipinski definition) is 5. The number of benzene rings is 1. The van der Waals surface area contributed by atoms with Crippen molar-refractivity contribution in [3.05, 3.63) is 23.2 Å². The van der Waals surface area contributed by atoms with Crippen molar-refractivity contribution >= 4 is 33.3 Å². The van der Waals surface area contributed by atoms with Crippen LogP contribution in [0.5, 0.6) is 0 Å². The number of aliphatic carboxylic acids is 1. The second-order valence-electron chi connectivity index (χ2n) is 10.2. The molecule has 38 heavy (non-hydrogen) atoms. The smallest absolute Gasteiger partial charge is 0.475 e. The molecule has 7 nitrogen and oxygen atoms in total. The maximum Gasteiger partial charge on any atom is 0.490 e. The number of piperidine rings is 1. The SMILES string of the molecule is O=C(O)C(F)(F)F.O=S(=O)(N[C@@H]1CCCC[C@H]1F)c1ccc(NC2CCC(N3CCCCC3)CC2)cc1Cl. The van der Waals surface area contributed by atoms with Crippen molar-refractivity contribution in [2.45, 2.75) is 106 Å². The molecule has 3 aliphatic rings. The minimum absolute atomic E-state index is 0.0197. The van der Waals surface area contributed by atoms with Gasteiger partial charge in [0.1, 0.15) is 11.1 Å². The predicted octanol–water partition coefficient (Wildman–Crippen LogP) is 5.74. The van der Waals surface area contributed by atoms with E-state index in [-0.39, 0.29) is 9.92 Å². The van der Waals surface area contributed by atoms with Crippen LogP contribution in [-0.4, -0.2) is 68.0 Å². The minimum atomic E-state index is -5.08. The van der Waals surface area contributed by atoms with E-state index in [2.05, 4.69) is 14.9 Å². The van der Waals surface area contributed by atoms with Crippen molar-refractivity contribution < 1.29 is 35.9 Å². The first-order valence-electron chi connectivity index (χ1n) is 13.1. The van der Waals surface area contributed by atoms with Crippen LogP contribution in [0.4, 0.5) is 23.2 Å². The van der Waals surface area contributed by atoms with Crippen LogP contribution in [0.25, 0.3) is 0 Å². The number of carbonyl (C=O) groups is 1. The molecule has 0 bridgehead atoms. The van der Waals surface area contributed by atoms with Crippen molar-refractivity contribution in [3.63, 3.8) is 0 Å². The fourth-order valence-electron chi connectivity index (χ4n) is 5.39. The minimum Gasteiger partial charge on any atom is -0.475 e. The van der Waals surface area contributed by atoms with Crippen LogP contribution in [0.2, 0.25) is 5.02 Å². The van der Waals surface area contributed by atoms with E-state index in [1.165, 1.54) is 51.3 Å². The normalized spacial score (nSPS) is 27.2. The number of alkyl halides is 4. The summed E-state index contributed by atoms with van der Waals surface area (Å²) in [6.45, 7) is 2.48. The summed E-state index contributed by atoms with van der Waals surface area (Å²) in [7, 11) is -3.85. The number of halogens is 5. The Hall–Kier alpha value is -1.63. The summed E-state index contributed by atoms with van der Waals surface area (Å²) in [5, 5.41) is 10.8. The maximum absolute atomic E-state index is 14.1. The number of hydrogen-bond donors (Lipinski definition) is 3. The molecule has 2 atom stereocenters. The van der Waals surface area contributed by atoms with Crippen LogP contribution in [0.3, 0.4) is 0 Å². The largest absolute Gasteiger partial charge is 0.490 e. The summed E-state index contributed by atoms with van der Waals surface area (Å²) < 4.78 is 73.9. The zero-order valence-electron chi connectivity index (χ0n) is 21.2. The van der Waals surface area contributed by atoms with Crippen LogP contribution >= 0.6 is 11.6 Å². The van der Waals surface area contributed by atoms with Gasteiger partial charge < -0.3 is 15.3 Å². The first-order valence-corrected chi connectivity index (χ1v) is 15.0. The quantitative estimate of drug-likeness (QED) is 0.368. The fraction of sp³-hybridized carbons (Fsp3) is 0.720. The summed E-state index contributed by atoms with van der Waals surface area (Å²) in [5.41, 5.74) is 0.839. The van der Waals surface area contributed by atoms with E-state index >= 15 is 0 Å². The van der Waals surface area contributed by atoms with Gasteiger partial charge in [0.25, 0.3) is 0 Å². The van der Waals surface area contributed by atoms with Gasteiger partial charge in [-0.15, -0.1) is 0 Å². The molecule has 1 aromatic rings. The maximum atomic E-state index is 14.1. The number of sulfonamides is 1. The lowest BCUT2D eigenvalue weighted by atomic mass is 9.89. The number of carboxylic acids is 1. The third-order valence-electron chi connectivity index (χ3n) is 7.43. The van der Waals surface area contributed by atoms with Crippen LogP contribution < -0.4 is 10.0 Å². The van der Waals surface area contributed by atoms with Gasteiger partial charge in [0.15, 0.2) is 0 Å². The monoisotopic (exact) mass is 585 g/mol. The lowest BCUT2D eigenvalue weighted by Crippen LogP contribution is -2.43. The molecule has 0 radical (unpaired) electrons. The van der Waals surface area contributed by atoms with Gasteiger partial charge in [-0.2, -0.15) is 13.2 Å². The molecule has 1 saturated heterocycles. The van der Waals surface area contributed by atoms with Crippen LogP contribution in [0.1, 0.15) is 70.6 Å². The molecule has 216 valence electrons. The summed E-state index contributed by atoms with van der Waals surface area (Å²) in [6.07, 6.45) is 5.00. The first kappa shape index (κ1) is 30.9. The highest BCUT2D eigenvalue weighted by Gasteiger charge is 2.38. The molecule has 0 aromatic heterocycles. The van der Waals surface area contributed by atoms with E-state index in [0.717, 1.165) is 31.4 Å². The van der Waals surface area contributed by atoms with E-state index in [1.54, 1.807) is 12.1 Å². The summed E-state index contributed by atoms with van der Waals surface area (Å²) >= 11 is 6.35. The lowest BCUT2D eigenvalue weighted by Gasteiger charge is -2.39. The van der Waals surface area contributed by atoms with Gasteiger partial charge in [-0.3, -0.25) is 0 Å². The van der Waals surface area contributed by atoms with E-state index in [9.17, 15) is 26.0 Å². The third-order valence-corrected chi connectivity index (χ3v) is 9.40. The number of nitrogens with one attached hydrogen (secondary N) is 2. The zero-order valence-corrected chi connectivity index (χ0v) is 22.7. The molecule has 2 saturated carbocycles. The van der Waals surface area contributed by atoms with Gasteiger partial charge in [-0.1, -0.05) is 30.9 Å². The number of likely N-dealkylation sites (tertiary alicyclic amines) is 1. The fourth-order valence-corrected chi connectivity index (χ4v) is 7.23. The van der Waals surface area contributed by atoms with Gasteiger partial charge in [-0.25, -0.2) is 22.3 Å². The number of carboxylic acid groups (broad SMARTS) is 1. The summed E-state index contributed by atoms with van der Waals surface area (Å²) in [5.74, 6) is -2.76. The highest BCUT2D eigenvalue weighted by atomic mass is 35.5. The molecule has 0 spiro atoms. The average Bonchev–Trinajstić information content (AvgIpc) is 2.86. The molecule has 2 aliphatic carbocycles. The summed E-state index contributed by atoms with van der Waals surface area (Å²) in [6, 6.07) is 5.41. The Labute approximate surface area is 226 Å². The van der Waals surface area contributed by atoms with Gasteiger partial charge >= 0.3 is 12.1 Å². The Kier molecular flexibility index (Phi) is 11.1. The first-order chi connectivity index (χ1) is 17.9. The van der Waals surface area contributed by atoms with Crippen molar-refractivity contribution in [1.82, 2.24) is 9.62 Å². The Morgan fingerprint density at radius 3 is 2.13 bits per heavy atom. The topological polar surface area (TPSA) is 98.7 Å². The molecule has 3 N–H and O–H groups in total. The zero-order chi connectivity index (χ0) is 27.9. The van der Waals surface area contributed by atoms with E-state index in [4.69, 9.17) is 21.5 Å². The lowest BCUT2D eigenvalue weighted by molar-refractivity contribution is -0.192. The number of nitrogens with zero attached hydrogens (tertiary/aromatic N) is 1. The van der Waals surface area contributed by atoms with Crippen molar-refractivity contribution in [1.29, 1.82) is 0 Å². The van der Waals surface area contributed by atoms with Gasteiger partial charge in [-0.05, 0) is 82.7 Å². The van der Waals surface area contributed by atoms with Crippen LogP contribution in [0, 0.1) is 0 Å². The molecule has 1 aromatic carbocycles. The molecule has 0 amide bonds. The molecular weight excluding hydrogens is 550 g/mol. The number of anilines is 1. The van der Waals surface area contributed by atoms with Crippen molar-refractivity contribution in [2.75, 3.05) is 18.4 Å². The molecule has 3 fully saturated rings. The Morgan fingerprint density at radius 2 is 1.58 bits per heavy atom. The average molecular weight is 586 g/mol. The Bertz CT molecular complexity index is 1030. The van der Waals surface area contributed by atoms with Crippen molar-refractivity contribution in [2.24, 2.45) is 0 Å². The molecule has 0 unspecified atom stereocenters. The van der Waals surface area contributed by atoms with Crippen LogP contribution in [-0.2, 0) is 14.8 Å². The highest BCUT2D eigenvalue weighted by molar-refractivity contribution is 7.89. The predicted molar refractivity (Wildman–Crippen MR) is 138 cm³/mol. The number of rotatable bonds is 6. The summed E-state index contributed by atoms with van der Waals surface area (Å²) in [4.78, 5) is 11.6. The highest BCUT2D eigenvalue weighted by Crippen LogP contribution is 2.31. The molecular formula is C25H36ClF4N3O4S. The molecule has 1 heterocycles. The second kappa shape index (κ2) is 13.6. The Morgan fingerprint density at radius 1 is 0.974 bits per heavy atom. The molecule has 4 rings (SSSR count). The molecule has 1 aliphatic heterocycles. The third kappa shape index (κ3) is 8.96.